The van der Waals surface area contributed by atoms with Crippen LogP contribution in [0.3, 0.4) is 0 Å². The predicted molar refractivity (Wildman–Crippen MR) is 103 cm³/mol. The fourth-order valence-corrected chi connectivity index (χ4v) is 3.29. The molecular formula is C20H29BrO4. The first-order valence-corrected chi connectivity index (χ1v) is 9.86. The van der Waals surface area contributed by atoms with Crippen LogP contribution in [-0.4, -0.2) is 23.1 Å². The minimum atomic E-state index is -1.11. The molecule has 25 heavy (non-hydrogen) atoms. The zero-order valence-corrected chi connectivity index (χ0v) is 17.2. The van der Waals surface area contributed by atoms with Crippen molar-refractivity contribution in [3.63, 3.8) is 0 Å². The summed E-state index contributed by atoms with van der Waals surface area (Å²) in [4.78, 5) is 24.2. The molecule has 0 fully saturated rings. The number of carboxylic acids is 1. The molecule has 1 aromatic carbocycles. The molecule has 0 heterocycles. The van der Waals surface area contributed by atoms with Gasteiger partial charge in [-0.25, -0.2) is 9.59 Å². The van der Waals surface area contributed by atoms with Crippen LogP contribution in [0.4, 0.5) is 0 Å². The largest absolute Gasteiger partial charge is 0.478 e. The maximum Gasteiger partial charge on any atom is 0.339 e. The van der Waals surface area contributed by atoms with E-state index in [-0.39, 0.29) is 17.2 Å². The minimum absolute atomic E-state index is 0.00292. The molecule has 0 amide bonds. The summed E-state index contributed by atoms with van der Waals surface area (Å²) in [5, 5.41) is 9.45. The van der Waals surface area contributed by atoms with E-state index in [4.69, 9.17) is 4.74 Å². The van der Waals surface area contributed by atoms with Gasteiger partial charge in [-0.2, -0.15) is 0 Å². The topological polar surface area (TPSA) is 63.6 Å². The lowest BCUT2D eigenvalue weighted by Gasteiger charge is -2.20. The molecule has 0 aliphatic rings. The molecule has 0 saturated heterocycles. The highest BCUT2D eigenvalue weighted by molar-refractivity contribution is 9.10. The number of hydrogen-bond donors (Lipinski definition) is 1. The zero-order chi connectivity index (χ0) is 19.0. The number of benzene rings is 1. The van der Waals surface area contributed by atoms with Gasteiger partial charge >= 0.3 is 11.9 Å². The second-order valence-corrected chi connectivity index (χ2v) is 7.64. The maximum atomic E-state index is 12.6. The Bertz CT molecular complexity index is 596. The average molecular weight is 413 g/mol. The normalized spacial score (nSPS) is 12.2. The van der Waals surface area contributed by atoms with Crippen molar-refractivity contribution in [1.29, 1.82) is 0 Å². The number of unbranched alkanes of at least 4 members (excludes halogenated alkanes) is 1. The molecule has 1 rings (SSSR count). The Morgan fingerprint density at radius 3 is 2.32 bits per heavy atom. The van der Waals surface area contributed by atoms with Crippen LogP contribution >= 0.6 is 15.9 Å². The van der Waals surface area contributed by atoms with Gasteiger partial charge in [-0.3, -0.25) is 0 Å². The van der Waals surface area contributed by atoms with Crippen molar-refractivity contribution in [2.75, 3.05) is 0 Å². The Hall–Kier alpha value is -1.36. The molecule has 140 valence electrons. The molecule has 1 atom stereocenters. The Morgan fingerprint density at radius 2 is 1.80 bits per heavy atom. The van der Waals surface area contributed by atoms with Crippen LogP contribution in [0.15, 0.2) is 16.6 Å². The van der Waals surface area contributed by atoms with Crippen molar-refractivity contribution in [3.8, 4) is 0 Å². The van der Waals surface area contributed by atoms with Crippen LogP contribution in [0.2, 0.25) is 0 Å². The van der Waals surface area contributed by atoms with E-state index in [1.165, 1.54) is 0 Å². The number of halogens is 1. The highest BCUT2D eigenvalue weighted by Crippen LogP contribution is 2.25. The van der Waals surface area contributed by atoms with Crippen molar-refractivity contribution >= 4 is 27.9 Å². The lowest BCUT2D eigenvalue weighted by atomic mass is 10.0. The van der Waals surface area contributed by atoms with Crippen LogP contribution in [0.25, 0.3) is 0 Å². The van der Waals surface area contributed by atoms with E-state index in [1.807, 2.05) is 6.92 Å². The summed E-state index contributed by atoms with van der Waals surface area (Å²) in [6.07, 6.45) is 5.13. The molecule has 0 radical (unpaired) electrons. The first kappa shape index (κ1) is 21.7. The molecule has 4 nitrogen and oxygen atoms in total. The molecule has 1 N–H and O–H groups in total. The maximum absolute atomic E-state index is 12.6. The van der Waals surface area contributed by atoms with Crippen LogP contribution in [-0.2, 0) is 11.2 Å². The number of esters is 1. The van der Waals surface area contributed by atoms with Gasteiger partial charge in [-0.05, 0) is 49.3 Å². The first-order valence-electron chi connectivity index (χ1n) is 9.06. The van der Waals surface area contributed by atoms with Gasteiger partial charge < -0.3 is 9.84 Å². The summed E-state index contributed by atoms with van der Waals surface area (Å²) in [6.45, 7) is 8.32. The molecule has 0 bridgehead atoms. The van der Waals surface area contributed by atoms with Gasteiger partial charge in [0.15, 0.2) is 0 Å². The highest BCUT2D eigenvalue weighted by atomic mass is 79.9. The van der Waals surface area contributed by atoms with Crippen molar-refractivity contribution < 1.29 is 19.4 Å². The summed E-state index contributed by atoms with van der Waals surface area (Å²) >= 11 is 3.42. The number of aryl methyl sites for hydroxylation is 1. The minimum Gasteiger partial charge on any atom is -0.478 e. The first-order chi connectivity index (χ1) is 11.8. The van der Waals surface area contributed by atoms with Crippen LogP contribution in [0.1, 0.15) is 86.1 Å². The summed E-state index contributed by atoms with van der Waals surface area (Å²) in [7, 11) is 0. The number of carboxylic acid groups (broad SMARTS) is 1. The van der Waals surface area contributed by atoms with Gasteiger partial charge in [0.1, 0.15) is 6.10 Å². The summed E-state index contributed by atoms with van der Waals surface area (Å²) in [5.74, 6) is -1.12. The molecule has 0 aliphatic carbocycles. The number of rotatable bonds is 10. The van der Waals surface area contributed by atoms with Crippen LogP contribution < -0.4 is 0 Å². The van der Waals surface area contributed by atoms with Gasteiger partial charge in [-0.1, -0.05) is 56.5 Å². The van der Waals surface area contributed by atoms with Crippen LogP contribution in [0, 0.1) is 5.92 Å². The fourth-order valence-electron chi connectivity index (χ4n) is 2.66. The molecule has 0 saturated carbocycles. The smallest absolute Gasteiger partial charge is 0.339 e. The third-order valence-electron chi connectivity index (χ3n) is 4.24. The summed E-state index contributed by atoms with van der Waals surface area (Å²) in [5.41, 5.74) is 0.974. The molecule has 5 heteroatoms. The van der Waals surface area contributed by atoms with E-state index in [0.717, 1.165) is 42.1 Å². The quantitative estimate of drug-likeness (QED) is 0.488. The number of aromatic carboxylic acids is 1. The third-order valence-corrected chi connectivity index (χ3v) is 4.98. The van der Waals surface area contributed by atoms with Gasteiger partial charge in [-0.15, -0.1) is 0 Å². The van der Waals surface area contributed by atoms with E-state index >= 15 is 0 Å². The number of carbonyl (C=O) groups excluding carboxylic acids is 1. The van der Waals surface area contributed by atoms with E-state index in [2.05, 4.69) is 36.7 Å². The summed E-state index contributed by atoms with van der Waals surface area (Å²) in [6, 6.07) is 3.13. The van der Waals surface area contributed by atoms with Crippen LogP contribution in [0.5, 0.6) is 0 Å². The molecule has 1 unspecified atom stereocenters. The second-order valence-electron chi connectivity index (χ2n) is 6.79. The van der Waals surface area contributed by atoms with Gasteiger partial charge in [0.05, 0.1) is 11.1 Å². The monoisotopic (exact) mass is 412 g/mol. The molecule has 1 aromatic rings. The van der Waals surface area contributed by atoms with Crippen molar-refractivity contribution in [3.05, 3.63) is 33.3 Å². The standard InChI is InChI=1S/C20H29BrO4/c1-5-7-8-15(10-9-13(3)4)25-20(24)17-12-18(21)14(6-2)11-16(17)19(22)23/h11-13,15H,5-10H2,1-4H3,(H,22,23). The molecule has 0 spiro atoms. The Balaban J connectivity index is 3.02. The predicted octanol–water partition coefficient (Wildman–Crippen LogP) is 5.86. The number of ether oxygens (including phenoxy) is 1. The van der Waals surface area contributed by atoms with Gasteiger partial charge in [0.25, 0.3) is 0 Å². The number of carbonyl (C=O) groups is 2. The molecular weight excluding hydrogens is 384 g/mol. The van der Waals surface area contributed by atoms with E-state index in [0.29, 0.717) is 12.3 Å². The number of hydrogen-bond acceptors (Lipinski definition) is 3. The second kappa shape index (κ2) is 10.6. The Kier molecular flexibility index (Phi) is 9.19. The SMILES string of the molecule is CCCCC(CCC(C)C)OC(=O)c1cc(Br)c(CC)cc1C(=O)O. The lowest BCUT2D eigenvalue weighted by Crippen LogP contribution is -2.21. The highest BCUT2D eigenvalue weighted by Gasteiger charge is 2.23. The van der Waals surface area contributed by atoms with Gasteiger partial charge in [0, 0.05) is 4.47 Å². The molecule has 0 aromatic heterocycles. The Labute approximate surface area is 159 Å². The van der Waals surface area contributed by atoms with E-state index in [9.17, 15) is 14.7 Å². The third kappa shape index (κ3) is 6.81. The van der Waals surface area contributed by atoms with Crippen molar-refractivity contribution in [2.24, 2.45) is 5.92 Å². The zero-order valence-electron chi connectivity index (χ0n) is 15.6. The molecule has 0 aliphatic heterocycles. The van der Waals surface area contributed by atoms with E-state index < -0.39 is 11.9 Å². The Morgan fingerprint density at radius 1 is 1.12 bits per heavy atom. The van der Waals surface area contributed by atoms with E-state index in [1.54, 1.807) is 12.1 Å². The van der Waals surface area contributed by atoms with Crippen molar-refractivity contribution in [1.82, 2.24) is 0 Å². The summed E-state index contributed by atoms with van der Waals surface area (Å²) < 4.78 is 6.42. The lowest BCUT2D eigenvalue weighted by molar-refractivity contribution is 0.0238. The fraction of sp³-hybridized carbons (Fsp3) is 0.600. The average Bonchev–Trinajstić information content (AvgIpc) is 2.56. The van der Waals surface area contributed by atoms with Gasteiger partial charge in [0.2, 0.25) is 0 Å². The van der Waals surface area contributed by atoms with Crippen molar-refractivity contribution in [2.45, 2.75) is 72.3 Å².